The highest BCUT2D eigenvalue weighted by molar-refractivity contribution is 5.82. The number of aliphatic hydroxyl groups is 1. The van der Waals surface area contributed by atoms with Crippen LogP contribution in [0.4, 0.5) is 0 Å². The number of rotatable bonds is 2. The molecule has 0 radical (unpaired) electrons. The van der Waals surface area contributed by atoms with Gasteiger partial charge in [-0.1, -0.05) is 6.92 Å². The second-order valence-corrected chi connectivity index (χ2v) is 4.36. The number of aliphatic hydroxyl groups excluding tert-OH is 1. The number of hydrogen-bond acceptors (Lipinski definition) is 2. The van der Waals surface area contributed by atoms with Crippen molar-refractivity contribution in [1.29, 1.82) is 0 Å². The summed E-state index contributed by atoms with van der Waals surface area (Å²) in [4.78, 5) is 13.4. The van der Waals surface area contributed by atoms with Gasteiger partial charge in [-0.05, 0) is 19.8 Å². The predicted molar refractivity (Wildman–Crippen MR) is 46.6 cm³/mol. The van der Waals surface area contributed by atoms with E-state index in [9.17, 15) is 4.79 Å². The molecule has 0 aliphatic carbocycles. The molecule has 0 aromatic heterocycles. The minimum Gasteiger partial charge on any atom is -0.395 e. The highest BCUT2D eigenvalue weighted by atomic mass is 16.3. The zero-order valence-electron chi connectivity index (χ0n) is 8.00. The average Bonchev–Trinajstić information content (AvgIpc) is 1.97. The van der Waals surface area contributed by atoms with Crippen molar-refractivity contribution in [1.82, 2.24) is 4.90 Å². The van der Waals surface area contributed by atoms with Crippen molar-refractivity contribution in [2.75, 3.05) is 19.7 Å². The molecule has 1 rings (SSSR count). The van der Waals surface area contributed by atoms with Crippen molar-refractivity contribution in [3.8, 4) is 0 Å². The van der Waals surface area contributed by atoms with Gasteiger partial charge in [-0.3, -0.25) is 4.79 Å². The molecule has 0 saturated carbocycles. The van der Waals surface area contributed by atoms with Gasteiger partial charge < -0.3 is 10.0 Å². The molecule has 3 heteroatoms. The lowest BCUT2D eigenvalue weighted by Crippen LogP contribution is -2.53. The maximum Gasteiger partial charge on any atom is 0.230 e. The van der Waals surface area contributed by atoms with Gasteiger partial charge in [0.1, 0.15) is 0 Å². The van der Waals surface area contributed by atoms with Gasteiger partial charge in [0.05, 0.1) is 12.0 Å². The van der Waals surface area contributed by atoms with E-state index >= 15 is 0 Å². The zero-order valence-corrected chi connectivity index (χ0v) is 8.00. The minimum atomic E-state index is -0.597. The van der Waals surface area contributed by atoms with Crippen LogP contribution in [0.1, 0.15) is 20.8 Å². The van der Waals surface area contributed by atoms with E-state index in [4.69, 9.17) is 5.11 Å². The zero-order chi connectivity index (χ0) is 9.35. The van der Waals surface area contributed by atoms with Crippen molar-refractivity contribution < 1.29 is 9.90 Å². The first kappa shape index (κ1) is 9.52. The smallest absolute Gasteiger partial charge is 0.230 e. The minimum absolute atomic E-state index is 0.0723. The number of nitrogens with zero attached hydrogens (tertiary/aromatic N) is 1. The Bertz CT molecular complexity index is 183. The number of carbonyl (C=O) groups excluding carboxylic acids is 1. The van der Waals surface area contributed by atoms with E-state index in [0.29, 0.717) is 5.92 Å². The Hall–Kier alpha value is -0.570. The van der Waals surface area contributed by atoms with Crippen molar-refractivity contribution in [3.63, 3.8) is 0 Å². The van der Waals surface area contributed by atoms with Crippen molar-refractivity contribution >= 4 is 5.91 Å². The van der Waals surface area contributed by atoms with E-state index in [0.717, 1.165) is 13.1 Å². The molecule has 1 N–H and O–H groups in total. The van der Waals surface area contributed by atoms with E-state index in [1.807, 2.05) is 0 Å². The Kier molecular flexibility index (Phi) is 2.42. The molecule has 0 atom stereocenters. The second kappa shape index (κ2) is 3.05. The van der Waals surface area contributed by atoms with Gasteiger partial charge in [0, 0.05) is 13.1 Å². The van der Waals surface area contributed by atoms with Gasteiger partial charge in [0.15, 0.2) is 0 Å². The van der Waals surface area contributed by atoms with Crippen molar-refractivity contribution in [2.45, 2.75) is 20.8 Å². The molecule has 1 fully saturated rings. The maximum absolute atomic E-state index is 11.6. The monoisotopic (exact) mass is 171 g/mol. The van der Waals surface area contributed by atoms with Crippen LogP contribution in [0.2, 0.25) is 0 Å². The van der Waals surface area contributed by atoms with Gasteiger partial charge in [0.25, 0.3) is 0 Å². The molecule has 1 saturated heterocycles. The first-order chi connectivity index (χ1) is 5.47. The van der Waals surface area contributed by atoms with Crippen LogP contribution in [0.5, 0.6) is 0 Å². The molecule has 0 aromatic rings. The highest BCUT2D eigenvalue weighted by Gasteiger charge is 2.36. The summed E-state index contributed by atoms with van der Waals surface area (Å²) < 4.78 is 0. The third kappa shape index (κ3) is 1.61. The molecule has 0 unspecified atom stereocenters. The van der Waals surface area contributed by atoms with Crippen molar-refractivity contribution in [2.24, 2.45) is 11.3 Å². The first-order valence-corrected chi connectivity index (χ1v) is 4.37. The van der Waals surface area contributed by atoms with E-state index in [-0.39, 0.29) is 12.5 Å². The number of likely N-dealkylation sites (tertiary alicyclic amines) is 1. The van der Waals surface area contributed by atoms with Crippen LogP contribution < -0.4 is 0 Å². The molecule has 1 heterocycles. The Morgan fingerprint density at radius 3 is 2.42 bits per heavy atom. The van der Waals surface area contributed by atoms with Crippen LogP contribution in [0, 0.1) is 11.3 Å². The summed E-state index contributed by atoms with van der Waals surface area (Å²) in [7, 11) is 0. The number of carbonyl (C=O) groups is 1. The SMILES string of the molecule is CC1CN(C(=O)C(C)(C)CO)C1. The molecule has 3 nitrogen and oxygen atoms in total. The Morgan fingerprint density at radius 1 is 1.58 bits per heavy atom. The number of hydrogen-bond donors (Lipinski definition) is 1. The van der Waals surface area contributed by atoms with E-state index < -0.39 is 5.41 Å². The molecule has 70 valence electrons. The molecule has 1 aliphatic heterocycles. The standard InChI is InChI=1S/C9H17NO2/c1-7-4-10(5-7)8(12)9(2,3)6-11/h7,11H,4-6H2,1-3H3. The fourth-order valence-electron chi connectivity index (χ4n) is 1.36. The van der Waals surface area contributed by atoms with Gasteiger partial charge in [-0.2, -0.15) is 0 Å². The summed E-state index contributed by atoms with van der Waals surface area (Å²) in [6, 6.07) is 0. The van der Waals surface area contributed by atoms with Crippen LogP contribution in [0.3, 0.4) is 0 Å². The third-order valence-corrected chi connectivity index (χ3v) is 2.33. The van der Waals surface area contributed by atoms with E-state index in [2.05, 4.69) is 6.92 Å². The summed E-state index contributed by atoms with van der Waals surface area (Å²) >= 11 is 0. The van der Waals surface area contributed by atoms with Crippen LogP contribution in [-0.4, -0.2) is 35.6 Å². The van der Waals surface area contributed by atoms with Crippen molar-refractivity contribution in [3.05, 3.63) is 0 Å². The van der Waals surface area contributed by atoms with Gasteiger partial charge in [-0.25, -0.2) is 0 Å². The third-order valence-electron chi connectivity index (χ3n) is 2.33. The molecular formula is C9H17NO2. The normalized spacial score (nSPS) is 19.2. The van der Waals surface area contributed by atoms with E-state index in [1.165, 1.54) is 0 Å². The summed E-state index contributed by atoms with van der Waals surface area (Å²) in [5.74, 6) is 0.701. The average molecular weight is 171 g/mol. The molecule has 0 aromatic carbocycles. The quantitative estimate of drug-likeness (QED) is 0.656. The largest absolute Gasteiger partial charge is 0.395 e. The first-order valence-electron chi connectivity index (χ1n) is 4.37. The van der Waals surface area contributed by atoms with Gasteiger partial charge in [-0.15, -0.1) is 0 Å². The lowest BCUT2D eigenvalue weighted by molar-refractivity contribution is -0.148. The summed E-state index contributed by atoms with van der Waals surface area (Å²) in [5.41, 5.74) is -0.597. The van der Waals surface area contributed by atoms with Gasteiger partial charge in [0.2, 0.25) is 5.91 Å². The molecule has 0 bridgehead atoms. The Labute approximate surface area is 73.4 Å². The molecule has 0 spiro atoms. The molecule has 1 amide bonds. The highest BCUT2D eigenvalue weighted by Crippen LogP contribution is 2.23. The Morgan fingerprint density at radius 2 is 2.08 bits per heavy atom. The fourth-order valence-corrected chi connectivity index (χ4v) is 1.36. The molecular weight excluding hydrogens is 154 g/mol. The maximum atomic E-state index is 11.6. The fraction of sp³-hybridized carbons (Fsp3) is 0.889. The summed E-state index contributed by atoms with van der Waals surface area (Å²) in [6.45, 7) is 7.30. The van der Waals surface area contributed by atoms with Crippen LogP contribution in [0.25, 0.3) is 0 Å². The lowest BCUT2D eigenvalue weighted by Gasteiger charge is -2.41. The Balaban J connectivity index is 2.48. The topological polar surface area (TPSA) is 40.5 Å². The van der Waals surface area contributed by atoms with E-state index in [1.54, 1.807) is 18.7 Å². The summed E-state index contributed by atoms with van der Waals surface area (Å²) in [5, 5.41) is 8.95. The second-order valence-electron chi connectivity index (χ2n) is 4.36. The van der Waals surface area contributed by atoms with Crippen LogP contribution in [0.15, 0.2) is 0 Å². The molecule has 1 aliphatic rings. The number of amides is 1. The predicted octanol–water partition coefficient (Wildman–Crippen LogP) is 0.483. The van der Waals surface area contributed by atoms with Crippen LogP contribution >= 0.6 is 0 Å². The lowest BCUT2D eigenvalue weighted by atomic mass is 9.89. The van der Waals surface area contributed by atoms with Crippen LogP contribution in [-0.2, 0) is 4.79 Å². The summed E-state index contributed by atoms with van der Waals surface area (Å²) in [6.07, 6.45) is 0. The van der Waals surface area contributed by atoms with Gasteiger partial charge >= 0.3 is 0 Å². The molecule has 12 heavy (non-hydrogen) atoms.